The van der Waals surface area contributed by atoms with E-state index in [1.54, 1.807) is 0 Å². The molecule has 150 valence electrons. The number of ether oxygens (including phenoxy) is 2. The minimum atomic E-state index is 0.283. The van der Waals surface area contributed by atoms with Crippen molar-refractivity contribution < 1.29 is 9.47 Å². The molecule has 1 aliphatic heterocycles. The molecule has 0 unspecified atom stereocenters. The van der Waals surface area contributed by atoms with Gasteiger partial charge in [0.15, 0.2) is 11.5 Å². The van der Waals surface area contributed by atoms with Crippen LogP contribution in [-0.2, 0) is 6.54 Å². The number of benzene rings is 2. The Balaban J connectivity index is 1.51. The molecule has 0 saturated carbocycles. The Kier molecular flexibility index (Phi) is 6.10. The normalized spacial score (nSPS) is 12.0. The zero-order chi connectivity index (χ0) is 19.9. The third kappa shape index (κ3) is 4.96. The third-order valence-electron chi connectivity index (χ3n) is 4.77. The summed E-state index contributed by atoms with van der Waals surface area (Å²) < 4.78 is 10.8. The Hall–Kier alpha value is -3.28. The molecule has 4 rings (SSSR count). The van der Waals surface area contributed by atoms with E-state index in [4.69, 9.17) is 14.5 Å². The fourth-order valence-electron chi connectivity index (χ4n) is 3.19. The molecule has 29 heavy (non-hydrogen) atoms. The van der Waals surface area contributed by atoms with Gasteiger partial charge in [-0.25, -0.2) is 4.98 Å². The van der Waals surface area contributed by atoms with Crippen LogP contribution < -0.4 is 20.1 Å². The second-order valence-corrected chi connectivity index (χ2v) is 7.00. The Morgan fingerprint density at radius 2 is 1.76 bits per heavy atom. The molecule has 0 amide bonds. The summed E-state index contributed by atoms with van der Waals surface area (Å²) in [5.41, 5.74) is 3.07. The number of unbranched alkanes of at least 4 members (excludes halogenated alkanes) is 2. The maximum atomic E-state index is 5.47. The number of hydrogen-bond donors (Lipinski definition) is 2. The van der Waals surface area contributed by atoms with E-state index in [-0.39, 0.29) is 6.79 Å². The Bertz CT molecular complexity index is 947. The molecule has 0 bridgehead atoms. The van der Waals surface area contributed by atoms with Crippen molar-refractivity contribution in [1.29, 1.82) is 0 Å². The van der Waals surface area contributed by atoms with Gasteiger partial charge in [0.1, 0.15) is 5.82 Å². The second kappa shape index (κ2) is 9.28. The summed E-state index contributed by atoms with van der Waals surface area (Å²) in [6.07, 6.45) is 3.49. The molecule has 0 radical (unpaired) electrons. The van der Waals surface area contributed by atoms with Crippen LogP contribution in [0.1, 0.15) is 31.7 Å². The monoisotopic (exact) mass is 390 g/mol. The Labute approximate surface area is 171 Å². The summed E-state index contributed by atoms with van der Waals surface area (Å²) in [6, 6.07) is 18.1. The van der Waals surface area contributed by atoms with E-state index in [2.05, 4.69) is 34.7 Å². The summed E-state index contributed by atoms with van der Waals surface area (Å²) >= 11 is 0. The fourth-order valence-corrected chi connectivity index (χ4v) is 3.19. The summed E-state index contributed by atoms with van der Waals surface area (Å²) in [5, 5.41) is 6.78. The van der Waals surface area contributed by atoms with E-state index in [0.717, 1.165) is 47.1 Å². The van der Waals surface area contributed by atoms with Gasteiger partial charge in [0.05, 0.1) is 5.69 Å². The third-order valence-corrected chi connectivity index (χ3v) is 4.77. The summed E-state index contributed by atoms with van der Waals surface area (Å²) in [7, 11) is 0. The predicted octanol–water partition coefficient (Wildman–Crippen LogP) is 5.09. The lowest BCUT2D eigenvalue weighted by atomic mass is 10.1. The standard InChI is InChI=1S/C23H26N4O2/c1-2-3-7-12-24-23-26-19(18-8-5-4-6-9-18)14-22(27-23)25-15-17-10-11-20-21(13-17)29-16-28-20/h4-6,8-11,13-14H,2-3,7,12,15-16H2,1H3,(H2,24,25,26,27). The minimum Gasteiger partial charge on any atom is -0.454 e. The highest BCUT2D eigenvalue weighted by Gasteiger charge is 2.13. The molecule has 1 aliphatic rings. The van der Waals surface area contributed by atoms with Crippen LogP contribution in [0.15, 0.2) is 54.6 Å². The molecule has 1 aromatic heterocycles. The van der Waals surface area contributed by atoms with Crippen molar-refractivity contribution in [2.24, 2.45) is 0 Å². The average molecular weight is 390 g/mol. The number of aromatic nitrogens is 2. The van der Waals surface area contributed by atoms with Crippen LogP contribution in [0.4, 0.5) is 11.8 Å². The van der Waals surface area contributed by atoms with Gasteiger partial charge < -0.3 is 20.1 Å². The average Bonchev–Trinajstić information content (AvgIpc) is 3.24. The molecular weight excluding hydrogens is 364 g/mol. The summed E-state index contributed by atoms with van der Waals surface area (Å²) in [5.74, 6) is 3.01. The predicted molar refractivity (Wildman–Crippen MR) is 115 cm³/mol. The van der Waals surface area contributed by atoms with E-state index in [1.165, 1.54) is 12.8 Å². The highest BCUT2D eigenvalue weighted by Crippen LogP contribution is 2.32. The maximum Gasteiger partial charge on any atom is 0.231 e. The molecular formula is C23H26N4O2. The zero-order valence-corrected chi connectivity index (χ0v) is 16.6. The lowest BCUT2D eigenvalue weighted by Crippen LogP contribution is -2.09. The molecule has 2 heterocycles. The highest BCUT2D eigenvalue weighted by atomic mass is 16.7. The topological polar surface area (TPSA) is 68.3 Å². The van der Waals surface area contributed by atoms with E-state index < -0.39 is 0 Å². The van der Waals surface area contributed by atoms with Crippen LogP contribution >= 0.6 is 0 Å². The number of hydrogen-bond acceptors (Lipinski definition) is 6. The molecule has 6 heteroatoms. The summed E-state index contributed by atoms with van der Waals surface area (Å²) in [6.45, 7) is 3.99. The molecule has 0 saturated heterocycles. The molecule has 6 nitrogen and oxygen atoms in total. The van der Waals surface area contributed by atoms with Gasteiger partial charge in [-0.2, -0.15) is 4.98 Å². The number of anilines is 2. The minimum absolute atomic E-state index is 0.283. The van der Waals surface area contributed by atoms with Crippen molar-refractivity contribution >= 4 is 11.8 Å². The smallest absolute Gasteiger partial charge is 0.231 e. The number of fused-ring (bicyclic) bond motifs is 1. The van der Waals surface area contributed by atoms with E-state index in [0.29, 0.717) is 12.5 Å². The molecule has 3 aromatic rings. The quantitative estimate of drug-likeness (QED) is 0.496. The van der Waals surface area contributed by atoms with Crippen LogP contribution in [0.25, 0.3) is 11.3 Å². The highest BCUT2D eigenvalue weighted by molar-refractivity contribution is 5.64. The first-order valence-electron chi connectivity index (χ1n) is 10.1. The van der Waals surface area contributed by atoms with Crippen molar-refractivity contribution in [3.8, 4) is 22.8 Å². The van der Waals surface area contributed by atoms with E-state index in [9.17, 15) is 0 Å². The lowest BCUT2D eigenvalue weighted by Gasteiger charge is -2.12. The van der Waals surface area contributed by atoms with Gasteiger partial charge in [0.2, 0.25) is 12.7 Å². The van der Waals surface area contributed by atoms with Gasteiger partial charge in [-0.1, -0.05) is 56.2 Å². The molecule has 0 atom stereocenters. The van der Waals surface area contributed by atoms with Crippen molar-refractivity contribution in [3.05, 3.63) is 60.2 Å². The largest absolute Gasteiger partial charge is 0.454 e. The zero-order valence-electron chi connectivity index (χ0n) is 16.6. The van der Waals surface area contributed by atoms with Gasteiger partial charge >= 0.3 is 0 Å². The molecule has 0 aliphatic carbocycles. The van der Waals surface area contributed by atoms with Gasteiger partial charge in [0, 0.05) is 24.7 Å². The van der Waals surface area contributed by atoms with Crippen molar-refractivity contribution in [2.45, 2.75) is 32.7 Å². The fraction of sp³-hybridized carbons (Fsp3) is 0.304. The number of nitrogens with zero attached hydrogens (tertiary/aromatic N) is 2. The van der Waals surface area contributed by atoms with Gasteiger partial charge in [-0.05, 0) is 24.1 Å². The van der Waals surface area contributed by atoms with Crippen LogP contribution in [0.3, 0.4) is 0 Å². The van der Waals surface area contributed by atoms with Gasteiger partial charge in [-0.15, -0.1) is 0 Å². The maximum absolute atomic E-state index is 5.47. The van der Waals surface area contributed by atoms with Crippen molar-refractivity contribution in [2.75, 3.05) is 24.0 Å². The first-order chi connectivity index (χ1) is 14.3. The van der Waals surface area contributed by atoms with Crippen molar-refractivity contribution in [1.82, 2.24) is 9.97 Å². The van der Waals surface area contributed by atoms with E-state index >= 15 is 0 Å². The second-order valence-electron chi connectivity index (χ2n) is 7.00. The van der Waals surface area contributed by atoms with Crippen LogP contribution in [0, 0.1) is 0 Å². The molecule has 2 N–H and O–H groups in total. The first-order valence-corrected chi connectivity index (χ1v) is 10.1. The van der Waals surface area contributed by atoms with Gasteiger partial charge in [-0.3, -0.25) is 0 Å². The molecule has 0 spiro atoms. The number of rotatable bonds is 9. The van der Waals surface area contributed by atoms with Gasteiger partial charge in [0.25, 0.3) is 0 Å². The van der Waals surface area contributed by atoms with Crippen LogP contribution in [-0.4, -0.2) is 23.3 Å². The number of nitrogens with one attached hydrogen (secondary N) is 2. The SMILES string of the molecule is CCCCCNc1nc(NCc2ccc3c(c2)OCO3)cc(-c2ccccc2)n1. The van der Waals surface area contributed by atoms with Crippen molar-refractivity contribution in [3.63, 3.8) is 0 Å². The Morgan fingerprint density at radius 3 is 2.62 bits per heavy atom. The lowest BCUT2D eigenvalue weighted by molar-refractivity contribution is 0.174. The van der Waals surface area contributed by atoms with E-state index in [1.807, 2.05) is 42.5 Å². The molecule has 2 aromatic carbocycles. The molecule has 0 fully saturated rings. The first kappa shape index (κ1) is 19.1. The van der Waals surface area contributed by atoms with Crippen LogP contribution in [0.5, 0.6) is 11.5 Å². The van der Waals surface area contributed by atoms with Crippen LogP contribution in [0.2, 0.25) is 0 Å². The Morgan fingerprint density at radius 1 is 0.897 bits per heavy atom. The summed E-state index contributed by atoms with van der Waals surface area (Å²) in [4.78, 5) is 9.36.